The van der Waals surface area contributed by atoms with E-state index in [0.29, 0.717) is 5.02 Å². The van der Waals surface area contributed by atoms with Gasteiger partial charge in [0.25, 0.3) is 0 Å². The summed E-state index contributed by atoms with van der Waals surface area (Å²) in [7, 11) is 3.32. The van der Waals surface area contributed by atoms with Crippen molar-refractivity contribution in [3.8, 4) is 45.4 Å². The van der Waals surface area contributed by atoms with Gasteiger partial charge in [-0.3, -0.25) is 0 Å². The van der Waals surface area contributed by atoms with Crippen molar-refractivity contribution in [2.45, 2.75) is 0 Å². The Hall–Kier alpha value is -3.24. The Morgan fingerprint density at radius 3 is 2.00 bits per heavy atom. The molecule has 0 fully saturated rings. The van der Waals surface area contributed by atoms with Gasteiger partial charge in [0.1, 0.15) is 17.3 Å². The zero-order valence-electron chi connectivity index (χ0n) is 15.6. The molecule has 1 heterocycles. The SMILES string of the molecule is COc1cccc(-c2nc(-c3ccc(Cl)cc3)[nH]c2-c2cccc(OC)c2)c1. The van der Waals surface area contributed by atoms with Gasteiger partial charge in [0.15, 0.2) is 0 Å². The van der Waals surface area contributed by atoms with Gasteiger partial charge in [0.05, 0.1) is 25.6 Å². The fourth-order valence-electron chi connectivity index (χ4n) is 3.08. The molecule has 0 bridgehead atoms. The number of aromatic amines is 1. The van der Waals surface area contributed by atoms with Crippen molar-refractivity contribution in [2.24, 2.45) is 0 Å². The molecule has 4 aromatic rings. The minimum Gasteiger partial charge on any atom is -0.497 e. The van der Waals surface area contributed by atoms with Crippen molar-refractivity contribution in [3.63, 3.8) is 0 Å². The van der Waals surface area contributed by atoms with E-state index >= 15 is 0 Å². The van der Waals surface area contributed by atoms with Crippen LogP contribution in [-0.2, 0) is 0 Å². The molecule has 28 heavy (non-hydrogen) atoms. The minimum absolute atomic E-state index is 0.691. The van der Waals surface area contributed by atoms with E-state index in [2.05, 4.69) is 4.98 Å². The zero-order chi connectivity index (χ0) is 19.5. The Labute approximate surface area is 168 Å². The number of hydrogen-bond acceptors (Lipinski definition) is 3. The first kappa shape index (κ1) is 18.1. The first-order valence-corrected chi connectivity index (χ1v) is 9.20. The van der Waals surface area contributed by atoms with Crippen molar-refractivity contribution in [2.75, 3.05) is 14.2 Å². The number of nitrogens with zero attached hydrogens (tertiary/aromatic N) is 1. The van der Waals surface area contributed by atoms with Gasteiger partial charge in [-0.15, -0.1) is 0 Å². The summed E-state index contributed by atoms with van der Waals surface area (Å²) >= 11 is 6.04. The van der Waals surface area contributed by atoms with Gasteiger partial charge in [-0.05, 0) is 48.5 Å². The number of imidazole rings is 1. The number of nitrogens with one attached hydrogen (secondary N) is 1. The van der Waals surface area contributed by atoms with E-state index in [1.54, 1.807) is 14.2 Å². The lowest BCUT2D eigenvalue weighted by Crippen LogP contribution is -1.88. The van der Waals surface area contributed by atoms with E-state index in [-0.39, 0.29) is 0 Å². The van der Waals surface area contributed by atoms with Crippen molar-refractivity contribution >= 4 is 11.6 Å². The molecule has 0 spiro atoms. The highest BCUT2D eigenvalue weighted by molar-refractivity contribution is 6.30. The van der Waals surface area contributed by atoms with Gasteiger partial charge >= 0.3 is 0 Å². The number of halogens is 1. The molecule has 0 amide bonds. The molecular formula is C23H19ClN2O2. The Balaban J connectivity index is 1.90. The van der Waals surface area contributed by atoms with E-state index < -0.39 is 0 Å². The number of rotatable bonds is 5. The number of aromatic nitrogens is 2. The van der Waals surface area contributed by atoms with E-state index in [9.17, 15) is 0 Å². The molecule has 0 aliphatic heterocycles. The number of methoxy groups -OCH3 is 2. The minimum atomic E-state index is 0.691. The van der Waals surface area contributed by atoms with Gasteiger partial charge in [-0.1, -0.05) is 35.9 Å². The van der Waals surface area contributed by atoms with Crippen LogP contribution in [-0.4, -0.2) is 24.2 Å². The Morgan fingerprint density at radius 2 is 1.36 bits per heavy atom. The molecule has 5 heteroatoms. The van der Waals surface area contributed by atoms with Crippen molar-refractivity contribution in [1.82, 2.24) is 9.97 Å². The maximum Gasteiger partial charge on any atom is 0.138 e. The number of ether oxygens (including phenoxy) is 2. The molecule has 0 aliphatic carbocycles. The Morgan fingerprint density at radius 1 is 0.750 bits per heavy atom. The van der Waals surface area contributed by atoms with Crippen LogP contribution in [0.4, 0.5) is 0 Å². The number of H-pyrrole nitrogens is 1. The lowest BCUT2D eigenvalue weighted by molar-refractivity contribution is 0.415. The molecule has 0 radical (unpaired) electrons. The summed E-state index contributed by atoms with van der Waals surface area (Å²) in [5.74, 6) is 2.34. The standard InChI is InChI=1S/C23H19ClN2O2/c1-27-19-7-3-5-16(13-19)21-22(17-6-4-8-20(14-17)28-2)26-23(25-21)15-9-11-18(24)12-10-15/h3-14H,1-2H3,(H,25,26). The summed E-state index contributed by atoms with van der Waals surface area (Å²) in [5, 5.41) is 0.691. The van der Waals surface area contributed by atoms with Gasteiger partial charge in [-0.2, -0.15) is 0 Å². The summed E-state index contributed by atoms with van der Waals surface area (Å²) < 4.78 is 10.8. The predicted molar refractivity (Wildman–Crippen MR) is 113 cm³/mol. The summed E-state index contributed by atoms with van der Waals surface area (Å²) in [5.41, 5.74) is 4.68. The summed E-state index contributed by atoms with van der Waals surface area (Å²) in [6.45, 7) is 0. The molecule has 0 aliphatic rings. The van der Waals surface area contributed by atoms with Crippen LogP contribution >= 0.6 is 11.6 Å². The molecule has 4 rings (SSSR count). The zero-order valence-corrected chi connectivity index (χ0v) is 16.3. The Bertz CT molecular complexity index is 1040. The van der Waals surface area contributed by atoms with Gasteiger partial charge in [0, 0.05) is 21.7 Å². The lowest BCUT2D eigenvalue weighted by atomic mass is 10.0. The van der Waals surface area contributed by atoms with Gasteiger partial charge in [0.2, 0.25) is 0 Å². The normalized spacial score (nSPS) is 10.7. The third kappa shape index (κ3) is 3.59. The van der Waals surface area contributed by atoms with Crippen molar-refractivity contribution in [1.29, 1.82) is 0 Å². The molecule has 0 saturated carbocycles. The maximum atomic E-state index is 6.04. The molecule has 4 nitrogen and oxygen atoms in total. The largest absolute Gasteiger partial charge is 0.497 e. The molecule has 1 N–H and O–H groups in total. The van der Waals surface area contributed by atoms with Crippen LogP contribution in [0.15, 0.2) is 72.8 Å². The van der Waals surface area contributed by atoms with E-state index in [4.69, 9.17) is 26.1 Å². The van der Waals surface area contributed by atoms with E-state index in [1.807, 2.05) is 72.8 Å². The second-order valence-corrected chi connectivity index (χ2v) is 6.72. The highest BCUT2D eigenvalue weighted by Crippen LogP contribution is 2.35. The topological polar surface area (TPSA) is 47.1 Å². The third-order valence-corrected chi connectivity index (χ3v) is 4.78. The monoisotopic (exact) mass is 390 g/mol. The molecule has 140 valence electrons. The quantitative estimate of drug-likeness (QED) is 0.449. The second-order valence-electron chi connectivity index (χ2n) is 6.28. The number of hydrogen-bond donors (Lipinski definition) is 1. The van der Waals surface area contributed by atoms with Crippen LogP contribution in [0, 0.1) is 0 Å². The summed E-state index contributed by atoms with van der Waals surface area (Å²) in [6, 6.07) is 23.4. The average molecular weight is 391 g/mol. The average Bonchev–Trinajstić information content (AvgIpc) is 3.20. The third-order valence-electron chi connectivity index (χ3n) is 4.52. The lowest BCUT2D eigenvalue weighted by Gasteiger charge is -2.07. The Kier molecular flexibility index (Phi) is 5.04. The second kappa shape index (κ2) is 7.79. The number of benzene rings is 3. The highest BCUT2D eigenvalue weighted by Gasteiger charge is 2.16. The van der Waals surface area contributed by atoms with Gasteiger partial charge in [-0.25, -0.2) is 4.98 Å². The maximum absolute atomic E-state index is 6.04. The van der Waals surface area contributed by atoms with Crippen LogP contribution in [0.2, 0.25) is 5.02 Å². The molecule has 0 atom stereocenters. The van der Waals surface area contributed by atoms with E-state index in [1.165, 1.54) is 0 Å². The van der Waals surface area contributed by atoms with Crippen molar-refractivity contribution in [3.05, 3.63) is 77.8 Å². The van der Waals surface area contributed by atoms with E-state index in [0.717, 1.165) is 45.4 Å². The molecule has 0 saturated heterocycles. The molecule has 0 unspecified atom stereocenters. The van der Waals surface area contributed by atoms with Crippen LogP contribution in [0.25, 0.3) is 33.9 Å². The van der Waals surface area contributed by atoms with Crippen LogP contribution in [0.5, 0.6) is 11.5 Å². The summed E-state index contributed by atoms with van der Waals surface area (Å²) in [4.78, 5) is 8.36. The van der Waals surface area contributed by atoms with Crippen LogP contribution in [0.1, 0.15) is 0 Å². The molecule has 3 aromatic carbocycles. The molecule has 1 aromatic heterocycles. The fourth-order valence-corrected chi connectivity index (χ4v) is 3.21. The summed E-state index contributed by atoms with van der Waals surface area (Å²) in [6.07, 6.45) is 0. The van der Waals surface area contributed by atoms with Crippen LogP contribution in [0.3, 0.4) is 0 Å². The fraction of sp³-hybridized carbons (Fsp3) is 0.0870. The smallest absolute Gasteiger partial charge is 0.138 e. The first-order valence-electron chi connectivity index (χ1n) is 8.83. The predicted octanol–water partition coefficient (Wildman–Crippen LogP) is 6.08. The highest BCUT2D eigenvalue weighted by atomic mass is 35.5. The van der Waals surface area contributed by atoms with Gasteiger partial charge < -0.3 is 14.5 Å². The van der Waals surface area contributed by atoms with Crippen molar-refractivity contribution < 1.29 is 9.47 Å². The first-order chi connectivity index (χ1) is 13.7. The van der Waals surface area contributed by atoms with Crippen LogP contribution < -0.4 is 9.47 Å². The molecular weight excluding hydrogens is 372 g/mol.